The summed E-state index contributed by atoms with van der Waals surface area (Å²) in [5, 5.41) is 1.47. The highest BCUT2D eigenvalue weighted by Gasteiger charge is 2.26. The first kappa shape index (κ1) is 12.7. The van der Waals surface area contributed by atoms with E-state index >= 15 is 0 Å². The molecule has 0 heterocycles. The number of esters is 1. The van der Waals surface area contributed by atoms with Crippen LogP contribution in [0.4, 0.5) is 0 Å². The van der Waals surface area contributed by atoms with Crippen molar-refractivity contribution in [3.8, 4) is 0 Å². The van der Waals surface area contributed by atoms with Gasteiger partial charge in [0.2, 0.25) is 0 Å². The van der Waals surface area contributed by atoms with Crippen molar-refractivity contribution in [2.45, 2.75) is 13.0 Å². The predicted octanol–water partition coefficient (Wildman–Crippen LogP) is 1.70. The molecular formula is C12H17NO3. The quantitative estimate of drug-likeness (QED) is 0.575. The summed E-state index contributed by atoms with van der Waals surface area (Å²) in [7, 11) is 4.58. The van der Waals surface area contributed by atoms with E-state index in [0.717, 1.165) is 11.1 Å². The van der Waals surface area contributed by atoms with Gasteiger partial charge in [-0.3, -0.25) is 0 Å². The van der Waals surface area contributed by atoms with Gasteiger partial charge in [-0.1, -0.05) is 29.8 Å². The Bertz CT molecular complexity index is 348. The van der Waals surface area contributed by atoms with Gasteiger partial charge in [0.05, 0.1) is 14.2 Å². The van der Waals surface area contributed by atoms with Crippen LogP contribution in [0.15, 0.2) is 24.3 Å². The molecule has 1 unspecified atom stereocenters. The topological polar surface area (TPSA) is 38.8 Å². The van der Waals surface area contributed by atoms with Crippen LogP contribution in [0.3, 0.4) is 0 Å². The first-order valence-electron chi connectivity index (χ1n) is 5.01. The van der Waals surface area contributed by atoms with Crippen LogP contribution < -0.4 is 0 Å². The van der Waals surface area contributed by atoms with Crippen molar-refractivity contribution in [2.24, 2.45) is 0 Å². The third-order valence-electron chi connectivity index (χ3n) is 2.47. The van der Waals surface area contributed by atoms with Crippen LogP contribution in [-0.2, 0) is 14.4 Å². The molecule has 0 aromatic heterocycles. The Morgan fingerprint density at radius 2 is 1.81 bits per heavy atom. The van der Waals surface area contributed by atoms with Crippen molar-refractivity contribution in [1.82, 2.24) is 5.06 Å². The molecule has 0 amide bonds. The van der Waals surface area contributed by atoms with Gasteiger partial charge in [-0.05, 0) is 12.5 Å². The first-order valence-corrected chi connectivity index (χ1v) is 5.01. The van der Waals surface area contributed by atoms with Crippen molar-refractivity contribution in [3.05, 3.63) is 35.4 Å². The lowest BCUT2D eigenvalue weighted by molar-refractivity contribution is -0.178. The zero-order chi connectivity index (χ0) is 12.1. The Morgan fingerprint density at radius 1 is 1.25 bits per heavy atom. The number of rotatable bonds is 4. The number of methoxy groups -OCH3 is 1. The van der Waals surface area contributed by atoms with E-state index < -0.39 is 6.04 Å². The van der Waals surface area contributed by atoms with Gasteiger partial charge in [-0.25, -0.2) is 4.79 Å². The highest BCUT2D eigenvalue weighted by atomic mass is 16.7. The molecule has 1 rings (SSSR count). The standard InChI is InChI=1S/C12H17NO3/c1-9-5-7-10(8-6-9)11(12(14)15-3)13(2)16-4/h5-8,11H,1-4H3. The average Bonchev–Trinajstić information content (AvgIpc) is 2.31. The van der Waals surface area contributed by atoms with Crippen molar-refractivity contribution in [3.63, 3.8) is 0 Å². The second kappa shape index (κ2) is 5.63. The molecule has 0 aliphatic rings. The Morgan fingerprint density at radius 3 is 2.25 bits per heavy atom. The average molecular weight is 223 g/mol. The Kier molecular flexibility index (Phi) is 4.46. The number of carbonyl (C=O) groups is 1. The van der Waals surface area contributed by atoms with Crippen LogP contribution in [0, 0.1) is 6.92 Å². The molecule has 0 fully saturated rings. The van der Waals surface area contributed by atoms with Crippen LogP contribution in [0.2, 0.25) is 0 Å². The van der Waals surface area contributed by atoms with E-state index in [0.29, 0.717) is 0 Å². The lowest BCUT2D eigenvalue weighted by Gasteiger charge is -2.23. The maximum Gasteiger partial charge on any atom is 0.330 e. The molecule has 0 N–H and O–H groups in total. The Labute approximate surface area is 95.7 Å². The van der Waals surface area contributed by atoms with Gasteiger partial charge in [0, 0.05) is 7.05 Å². The molecule has 0 radical (unpaired) electrons. The van der Waals surface area contributed by atoms with Crippen LogP contribution in [0.1, 0.15) is 17.2 Å². The van der Waals surface area contributed by atoms with E-state index in [1.54, 1.807) is 7.05 Å². The summed E-state index contributed by atoms with van der Waals surface area (Å²) >= 11 is 0. The van der Waals surface area contributed by atoms with Gasteiger partial charge in [0.25, 0.3) is 0 Å². The van der Waals surface area contributed by atoms with Gasteiger partial charge in [0.15, 0.2) is 6.04 Å². The first-order chi connectivity index (χ1) is 7.60. The third kappa shape index (κ3) is 2.81. The number of carbonyl (C=O) groups excluding carboxylic acids is 1. The molecule has 0 aliphatic carbocycles. The summed E-state index contributed by atoms with van der Waals surface area (Å²) < 4.78 is 4.76. The summed E-state index contributed by atoms with van der Waals surface area (Å²) in [5.74, 6) is -0.340. The summed E-state index contributed by atoms with van der Waals surface area (Å²) in [5.41, 5.74) is 1.99. The van der Waals surface area contributed by atoms with Crippen LogP contribution >= 0.6 is 0 Å². The van der Waals surface area contributed by atoms with E-state index in [1.165, 1.54) is 19.3 Å². The third-order valence-corrected chi connectivity index (χ3v) is 2.47. The summed E-state index contributed by atoms with van der Waals surface area (Å²) in [4.78, 5) is 16.7. The minimum Gasteiger partial charge on any atom is -0.468 e. The normalized spacial score (nSPS) is 12.6. The molecular weight excluding hydrogens is 206 g/mol. The minimum atomic E-state index is -0.532. The highest BCUT2D eigenvalue weighted by Crippen LogP contribution is 2.21. The summed E-state index contributed by atoms with van der Waals surface area (Å²) in [6, 6.07) is 7.16. The maximum atomic E-state index is 11.7. The van der Waals surface area contributed by atoms with Gasteiger partial charge in [0.1, 0.15) is 0 Å². The minimum absolute atomic E-state index is 0.340. The van der Waals surface area contributed by atoms with Gasteiger partial charge in [-0.15, -0.1) is 0 Å². The molecule has 88 valence electrons. The number of likely N-dealkylation sites (N-methyl/N-ethyl adjacent to an activating group) is 1. The second-order valence-electron chi connectivity index (χ2n) is 3.57. The number of hydroxylamine groups is 2. The monoisotopic (exact) mass is 223 g/mol. The SMILES string of the molecule is COC(=O)C(c1ccc(C)cc1)N(C)OC. The molecule has 4 heteroatoms. The van der Waals surface area contributed by atoms with Gasteiger partial charge < -0.3 is 9.57 Å². The summed E-state index contributed by atoms with van der Waals surface area (Å²) in [6.07, 6.45) is 0. The van der Waals surface area contributed by atoms with Crippen LogP contribution in [0.5, 0.6) is 0 Å². The maximum absolute atomic E-state index is 11.7. The van der Waals surface area contributed by atoms with E-state index in [-0.39, 0.29) is 5.97 Å². The van der Waals surface area contributed by atoms with E-state index in [4.69, 9.17) is 9.57 Å². The molecule has 4 nitrogen and oxygen atoms in total. The van der Waals surface area contributed by atoms with E-state index in [2.05, 4.69) is 0 Å². The van der Waals surface area contributed by atoms with Crippen LogP contribution in [-0.4, -0.2) is 32.3 Å². The fraction of sp³-hybridized carbons (Fsp3) is 0.417. The molecule has 1 aromatic carbocycles. The molecule has 0 saturated heterocycles. The fourth-order valence-corrected chi connectivity index (χ4v) is 1.46. The van der Waals surface area contributed by atoms with Gasteiger partial charge in [-0.2, -0.15) is 5.06 Å². The Hall–Kier alpha value is -1.39. The summed E-state index contributed by atoms with van der Waals surface area (Å²) in [6.45, 7) is 2.00. The lowest BCUT2D eigenvalue weighted by atomic mass is 10.1. The largest absolute Gasteiger partial charge is 0.468 e. The molecule has 1 atom stereocenters. The smallest absolute Gasteiger partial charge is 0.330 e. The molecule has 0 aliphatic heterocycles. The molecule has 1 aromatic rings. The van der Waals surface area contributed by atoms with Gasteiger partial charge >= 0.3 is 5.97 Å². The molecule has 0 bridgehead atoms. The predicted molar refractivity (Wildman–Crippen MR) is 60.7 cm³/mol. The lowest BCUT2D eigenvalue weighted by Crippen LogP contribution is -2.31. The fourth-order valence-electron chi connectivity index (χ4n) is 1.46. The van der Waals surface area contributed by atoms with E-state index in [9.17, 15) is 4.79 Å². The number of ether oxygens (including phenoxy) is 1. The van der Waals surface area contributed by atoms with Crippen molar-refractivity contribution in [1.29, 1.82) is 0 Å². The Balaban J connectivity index is 3.01. The number of nitrogens with zero attached hydrogens (tertiary/aromatic N) is 1. The van der Waals surface area contributed by atoms with Crippen LogP contribution in [0.25, 0.3) is 0 Å². The number of benzene rings is 1. The van der Waals surface area contributed by atoms with Crippen molar-refractivity contribution < 1.29 is 14.4 Å². The number of hydrogen-bond acceptors (Lipinski definition) is 4. The number of hydrogen-bond donors (Lipinski definition) is 0. The molecule has 16 heavy (non-hydrogen) atoms. The number of aryl methyl sites for hydroxylation is 1. The molecule has 0 spiro atoms. The van der Waals surface area contributed by atoms with Crippen molar-refractivity contribution >= 4 is 5.97 Å². The zero-order valence-electron chi connectivity index (χ0n) is 10.1. The zero-order valence-corrected chi connectivity index (χ0v) is 10.1. The second-order valence-corrected chi connectivity index (χ2v) is 3.57. The molecule has 0 saturated carbocycles. The highest BCUT2D eigenvalue weighted by molar-refractivity contribution is 5.77. The van der Waals surface area contributed by atoms with Crippen molar-refractivity contribution in [2.75, 3.05) is 21.3 Å². The van der Waals surface area contributed by atoms with E-state index in [1.807, 2.05) is 31.2 Å².